The number of nitrogens with one attached hydrogen (secondary N) is 1. The predicted molar refractivity (Wildman–Crippen MR) is 80.9 cm³/mol. The number of rotatable bonds is 3. The van der Waals surface area contributed by atoms with Crippen LogP contribution in [0, 0.1) is 11.8 Å². The van der Waals surface area contributed by atoms with Crippen molar-refractivity contribution in [1.82, 2.24) is 14.8 Å². The molecular formula is C16H22N4. The fraction of sp³-hybridized carbons (Fsp3) is 0.500. The molecule has 1 aromatic heterocycles. The Bertz CT molecular complexity index is 549. The van der Waals surface area contributed by atoms with Crippen molar-refractivity contribution in [2.75, 3.05) is 5.32 Å². The molecule has 1 aliphatic carbocycles. The quantitative estimate of drug-likeness (QED) is 0.928. The number of hydrogen-bond donors (Lipinski definition) is 1. The average molecular weight is 270 g/mol. The van der Waals surface area contributed by atoms with E-state index >= 15 is 0 Å². The van der Waals surface area contributed by atoms with Crippen LogP contribution < -0.4 is 5.32 Å². The summed E-state index contributed by atoms with van der Waals surface area (Å²) in [4.78, 5) is 4.04. The standard InChI is InChI=1S/C16H22N4/c1-12-7-8-13(2)15(9-12)19-14-5-3-4-6-16(14)20-11-17-10-18-20/h3-6,10-13,15,19H,7-9H2,1-2H3. The summed E-state index contributed by atoms with van der Waals surface area (Å²) in [6, 6.07) is 8.86. The summed E-state index contributed by atoms with van der Waals surface area (Å²) in [5.74, 6) is 1.53. The Morgan fingerprint density at radius 3 is 2.85 bits per heavy atom. The lowest BCUT2D eigenvalue weighted by Crippen LogP contribution is -2.33. The minimum atomic E-state index is 0.545. The van der Waals surface area contributed by atoms with Crippen molar-refractivity contribution in [2.45, 2.75) is 39.2 Å². The first-order chi connectivity index (χ1) is 9.74. The van der Waals surface area contributed by atoms with E-state index in [1.807, 2.05) is 10.7 Å². The number of nitrogens with zero attached hydrogens (tertiary/aromatic N) is 3. The second kappa shape index (κ2) is 5.65. The molecule has 4 heteroatoms. The zero-order valence-corrected chi connectivity index (χ0v) is 12.2. The van der Waals surface area contributed by atoms with Gasteiger partial charge in [0.2, 0.25) is 0 Å². The second-order valence-corrected chi connectivity index (χ2v) is 6.00. The highest BCUT2D eigenvalue weighted by atomic mass is 15.3. The molecule has 3 rings (SSSR count). The molecule has 1 fully saturated rings. The van der Waals surface area contributed by atoms with Crippen molar-refractivity contribution < 1.29 is 0 Å². The van der Waals surface area contributed by atoms with E-state index in [1.165, 1.54) is 19.3 Å². The van der Waals surface area contributed by atoms with Crippen LogP contribution >= 0.6 is 0 Å². The fourth-order valence-electron chi connectivity index (χ4n) is 3.06. The molecule has 0 bridgehead atoms. The highest BCUT2D eigenvalue weighted by Gasteiger charge is 2.25. The molecule has 20 heavy (non-hydrogen) atoms. The van der Waals surface area contributed by atoms with Gasteiger partial charge in [0, 0.05) is 6.04 Å². The number of hydrogen-bond acceptors (Lipinski definition) is 3. The maximum absolute atomic E-state index is 4.24. The molecule has 1 aliphatic rings. The first-order valence-corrected chi connectivity index (χ1v) is 7.44. The third-order valence-corrected chi connectivity index (χ3v) is 4.37. The normalized spacial score (nSPS) is 26.4. The van der Waals surface area contributed by atoms with Gasteiger partial charge in [-0.15, -0.1) is 0 Å². The summed E-state index contributed by atoms with van der Waals surface area (Å²) in [6.45, 7) is 4.70. The van der Waals surface area contributed by atoms with Crippen molar-refractivity contribution in [3.8, 4) is 5.69 Å². The van der Waals surface area contributed by atoms with E-state index in [0.29, 0.717) is 6.04 Å². The summed E-state index contributed by atoms with van der Waals surface area (Å²) < 4.78 is 1.82. The Kier molecular flexibility index (Phi) is 3.72. The summed E-state index contributed by atoms with van der Waals surface area (Å²) in [6.07, 6.45) is 7.22. The maximum Gasteiger partial charge on any atom is 0.138 e. The molecular weight excluding hydrogens is 248 g/mol. The van der Waals surface area contributed by atoms with Gasteiger partial charge in [-0.1, -0.05) is 32.4 Å². The Morgan fingerprint density at radius 2 is 2.05 bits per heavy atom. The van der Waals surface area contributed by atoms with Crippen LogP contribution in [0.25, 0.3) is 5.69 Å². The van der Waals surface area contributed by atoms with Crippen LogP contribution in [0.1, 0.15) is 33.1 Å². The van der Waals surface area contributed by atoms with E-state index in [4.69, 9.17) is 0 Å². The first kappa shape index (κ1) is 13.2. The van der Waals surface area contributed by atoms with Crippen molar-refractivity contribution in [3.05, 3.63) is 36.9 Å². The Morgan fingerprint density at radius 1 is 1.20 bits per heavy atom. The third-order valence-electron chi connectivity index (χ3n) is 4.37. The highest BCUT2D eigenvalue weighted by Crippen LogP contribution is 2.32. The van der Waals surface area contributed by atoms with Gasteiger partial charge >= 0.3 is 0 Å². The number of benzene rings is 1. The number of aromatic nitrogens is 3. The van der Waals surface area contributed by atoms with Crippen LogP contribution in [0.2, 0.25) is 0 Å². The summed E-state index contributed by atoms with van der Waals surface area (Å²) in [7, 11) is 0. The highest BCUT2D eigenvalue weighted by molar-refractivity contribution is 5.61. The van der Waals surface area contributed by atoms with E-state index in [1.54, 1.807) is 12.7 Å². The zero-order valence-electron chi connectivity index (χ0n) is 12.2. The SMILES string of the molecule is CC1CCC(C)C(Nc2ccccc2-n2cncn2)C1. The van der Waals surface area contributed by atoms with Gasteiger partial charge in [-0.25, -0.2) is 9.67 Å². The largest absolute Gasteiger partial charge is 0.380 e. The van der Waals surface area contributed by atoms with Crippen molar-refractivity contribution in [1.29, 1.82) is 0 Å². The predicted octanol–water partition coefficient (Wildman–Crippen LogP) is 3.50. The molecule has 3 atom stereocenters. The fourth-order valence-corrected chi connectivity index (χ4v) is 3.06. The Labute approximate surface area is 120 Å². The average Bonchev–Trinajstić information content (AvgIpc) is 2.97. The van der Waals surface area contributed by atoms with Crippen LogP contribution in [0.4, 0.5) is 5.69 Å². The monoisotopic (exact) mass is 270 g/mol. The van der Waals surface area contributed by atoms with Crippen molar-refractivity contribution >= 4 is 5.69 Å². The van der Waals surface area contributed by atoms with Gasteiger partial charge in [-0.2, -0.15) is 5.10 Å². The molecule has 1 heterocycles. The molecule has 0 spiro atoms. The van der Waals surface area contributed by atoms with Crippen LogP contribution in [0.5, 0.6) is 0 Å². The molecule has 2 aromatic rings. The van der Waals surface area contributed by atoms with Gasteiger partial charge in [0.05, 0.1) is 11.4 Å². The molecule has 1 aromatic carbocycles. The maximum atomic E-state index is 4.24. The Hall–Kier alpha value is -1.84. The Balaban J connectivity index is 1.84. The van der Waals surface area contributed by atoms with Gasteiger partial charge in [0.15, 0.2) is 0 Å². The molecule has 3 unspecified atom stereocenters. The van der Waals surface area contributed by atoms with Crippen LogP contribution in [-0.2, 0) is 0 Å². The van der Waals surface area contributed by atoms with E-state index in [9.17, 15) is 0 Å². The molecule has 0 saturated heterocycles. The lowest BCUT2D eigenvalue weighted by atomic mass is 9.80. The van der Waals surface area contributed by atoms with E-state index in [-0.39, 0.29) is 0 Å². The van der Waals surface area contributed by atoms with E-state index < -0.39 is 0 Å². The topological polar surface area (TPSA) is 42.7 Å². The van der Waals surface area contributed by atoms with Gasteiger partial charge in [0.1, 0.15) is 12.7 Å². The third kappa shape index (κ3) is 2.69. The van der Waals surface area contributed by atoms with Crippen LogP contribution in [0.15, 0.2) is 36.9 Å². The van der Waals surface area contributed by atoms with E-state index in [0.717, 1.165) is 23.2 Å². The molecule has 0 amide bonds. The second-order valence-electron chi connectivity index (χ2n) is 6.00. The van der Waals surface area contributed by atoms with Crippen LogP contribution in [0.3, 0.4) is 0 Å². The van der Waals surface area contributed by atoms with Gasteiger partial charge in [-0.3, -0.25) is 0 Å². The van der Waals surface area contributed by atoms with Crippen LogP contribution in [-0.4, -0.2) is 20.8 Å². The molecule has 1 saturated carbocycles. The molecule has 0 aliphatic heterocycles. The lowest BCUT2D eigenvalue weighted by molar-refractivity contribution is 0.280. The molecule has 106 valence electrons. The molecule has 4 nitrogen and oxygen atoms in total. The molecule has 0 radical (unpaired) electrons. The summed E-state index contributed by atoms with van der Waals surface area (Å²) in [5.41, 5.74) is 2.21. The van der Waals surface area contributed by atoms with Crippen molar-refractivity contribution in [2.24, 2.45) is 11.8 Å². The minimum absolute atomic E-state index is 0.545. The van der Waals surface area contributed by atoms with Gasteiger partial charge in [-0.05, 0) is 36.8 Å². The number of para-hydroxylation sites is 2. The van der Waals surface area contributed by atoms with E-state index in [2.05, 4.69) is 47.4 Å². The number of anilines is 1. The van der Waals surface area contributed by atoms with Crippen molar-refractivity contribution in [3.63, 3.8) is 0 Å². The zero-order chi connectivity index (χ0) is 13.9. The first-order valence-electron chi connectivity index (χ1n) is 7.44. The minimum Gasteiger partial charge on any atom is -0.380 e. The smallest absolute Gasteiger partial charge is 0.138 e. The summed E-state index contributed by atoms with van der Waals surface area (Å²) in [5, 5.41) is 7.97. The van der Waals surface area contributed by atoms with Gasteiger partial charge < -0.3 is 5.32 Å². The lowest BCUT2D eigenvalue weighted by Gasteiger charge is -2.34. The van der Waals surface area contributed by atoms with Gasteiger partial charge in [0.25, 0.3) is 0 Å². The molecule has 1 N–H and O–H groups in total. The summed E-state index contributed by atoms with van der Waals surface area (Å²) >= 11 is 0.